The van der Waals surface area contributed by atoms with Crippen LogP contribution in [0.2, 0.25) is 5.02 Å². The molecule has 138 valence electrons. The monoisotopic (exact) mass is 380 g/mol. The van der Waals surface area contributed by atoms with Gasteiger partial charge in [0, 0.05) is 29.1 Å². The lowest BCUT2D eigenvalue weighted by atomic mass is 9.95. The Bertz CT molecular complexity index is 983. The maximum absolute atomic E-state index is 13.0. The van der Waals surface area contributed by atoms with Gasteiger partial charge in [-0.2, -0.15) is 0 Å². The summed E-state index contributed by atoms with van der Waals surface area (Å²) in [5.41, 5.74) is 3.15. The first kappa shape index (κ1) is 17.8. The van der Waals surface area contributed by atoms with Crippen LogP contribution in [0.25, 0.3) is 22.0 Å². The number of carbonyl (C=O) groups is 1. The van der Waals surface area contributed by atoms with Crippen molar-refractivity contribution in [3.05, 3.63) is 59.1 Å². The lowest BCUT2D eigenvalue weighted by molar-refractivity contribution is 0.0528. The average Bonchev–Trinajstić information content (AvgIpc) is 3.22. The van der Waals surface area contributed by atoms with Crippen molar-refractivity contribution in [3.63, 3.8) is 0 Å². The number of esters is 1. The number of halogens is 1. The van der Waals surface area contributed by atoms with Gasteiger partial charge in [-0.1, -0.05) is 41.9 Å². The fraction of sp³-hybridized carbons (Fsp3) is 0.273. The van der Waals surface area contributed by atoms with Gasteiger partial charge in [0.25, 0.3) is 0 Å². The van der Waals surface area contributed by atoms with Crippen LogP contribution < -0.4 is 4.90 Å². The number of aromatic nitrogens is 1. The van der Waals surface area contributed by atoms with Crippen LogP contribution in [0.5, 0.6) is 0 Å². The van der Waals surface area contributed by atoms with Gasteiger partial charge in [-0.3, -0.25) is 0 Å². The highest BCUT2D eigenvalue weighted by atomic mass is 35.5. The van der Waals surface area contributed by atoms with E-state index in [2.05, 4.69) is 4.90 Å². The highest BCUT2D eigenvalue weighted by molar-refractivity contribution is 6.31. The molecule has 1 fully saturated rings. The zero-order valence-electron chi connectivity index (χ0n) is 15.2. The molecule has 0 saturated carbocycles. The predicted octanol–water partition coefficient (Wildman–Crippen LogP) is 5.33. The molecule has 4 rings (SSSR count). The van der Waals surface area contributed by atoms with Crippen molar-refractivity contribution in [3.8, 4) is 11.1 Å². The zero-order chi connectivity index (χ0) is 18.8. The average molecular weight is 381 g/mol. The van der Waals surface area contributed by atoms with Crippen LogP contribution in [0.15, 0.2) is 48.5 Å². The number of rotatable bonds is 4. The van der Waals surface area contributed by atoms with Crippen LogP contribution >= 0.6 is 11.6 Å². The third-order valence-corrected chi connectivity index (χ3v) is 5.11. The van der Waals surface area contributed by atoms with Gasteiger partial charge in [-0.25, -0.2) is 9.78 Å². The predicted molar refractivity (Wildman–Crippen MR) is 110 cm³/mol. The van der Waals surface area contributed by atoms with Gasteiger partial charge in [-0.15, -0.1) is 0 Å². The van der Waals surface area contributed by atoms with Crippen molar-refractivity contribution >= 4 is 34.3 Å². The summed E-state index contributed by atoms with van der Waals surface area (Å²) in [5.74, 6) is 0.368. The quantitative estimate of drug-likeness (QED) is 0.573. The number of carbonyl (C=O) groups excluding carboxylic acids is 1. The fourth-order valence-corrected chi connectivity index (χ4v) is 3.85. The molecule has 0 spiro atoms. The maximum atomic E-state index is 13.0. The Balaban J connectivity index is 2.08. The molecule has 27 heavy (non-hydrogen) atoms. The molecule has 0 atom stereocenters. The van der Waals surface area contributed by atoms with Crippen LogP contribution in [0.4, 0.5) is 5.82 Å². The molecule has 1 aliphatic rings. The highest BCUT2D eigenvalue weighted by Gasteiger charge is 2.28. The van der Waals surface area contributed by atoms with E-state index in [1.807, 2.05) is 55.5 Å². The molecule has 1 aromatic heterocycles. The Morgan fingerprint density at radius 1 is 1.15 bits per heavy atom. The number of hydrogen-bond donors (Lipinski definition) is 0. The van der Waals surface area contributed by atoms with E-state index in [-0.39, 0.29) is 5.97 Å². The smallest absolute Gasteiger partial charge is 0.342 e. The van der Waals surface area contributed by atoms with Crippen LogP contribution in [0, 0.1) is 0 Å². The van der Waals surface area contributed by atoms with Gasteiger partial charge in [0.1, 0.15) is 11.4 Å². The standard InChI is InChI=1S/C22H21ClN2O2/c1-2-27-22(26)20-19(15-8-4-3-5-9-15)17-14-16(23)10-11-18(17)24-21(20)25-12-6-7-13-25/h3-5,8-11,14H,2,6-7,12-13H2,1H3. The number of pyridine rings is 1. The topological polar surface area (TPSA) is 42.4 Å². The minimum absolute atomic E-state index is 0.320. The van der Waals surface area contributed by atoms with Gasteiger partial charge in [0.2, 0.25) is 0 Å². The first-order chi connectivity index (χ1) is 13.2. The second-order valence-corrected chi connectivity index (χ2v) is 7.06. The summed E-state index contributed by atoms with van der Waals surface area (Å²) in [5, 5.41) is 1.48. The van der Waals surface area contributed by atoms with Crippen LogP contribution in [-0.4, -0.2) is 30.6 Å². The first-order valence-corrected chi connectivity index (χ1v) is 9.67. The Kier molecular flexibility index (Phi) is 4.99. The summed E-state index contributed by atoms with van der Waals surface area (Å²) < 4.78 is 5.43. The molecular formula is C22H21ClN2O2. The summed E-state index contributed by atoms with van der Waals surface area (Å²) >= 11 is 6.28. The third kappa shape index (κ3) is 3.37. The Hall–Kier alpha value is -2.59. The highest BCUT2D eigenvalue weighted by Crippen LogP contribution is 2.38. The third-order valence-electron chi connectivity index (χ3n) is 4.88. The summed E-state index contributed by atoms with van der Waals surface area (Å²) in [6.07, 6.45) is 2.20. The normalized spacial score (nSPS) is 13.9. The molecule has 3 aromatic rings. The van der Waals surface area contributed by atoms with Crippen LogP contribution in [-0.2, 0) is 4.74 Å². The first-order valence-electron chi connectivity index (χ1n) is 9.30. The molecular weight excluding hydrogens is 360 g/mol. The van der Waals surface area contributed by atoms with Gasteiger partial charge >= 0.3 is 5.97 Å². The largest absolute Gasteiger partial charge is 0.462 e. The van der Waals surface area contributed by atoms with E-state index in [0.29, 0.717) is 23.0 Å². The van der Waals surface area contributed by atoms with E-state index < -0.39 is 0 Å². The molecule has 0 amide bonds. The molecule has 1 saturated heterocycles. The zero-order valence-corrected chi connectivity index (χ0v) is 16.0. The summed E-state index contributed by atoms with van der Waals surface area (Å²) in [4.78, 5) is 20.1. The molecule has 0 radical (unpaired) electrons. The van der Waals surface area contributed by atoms with E-state index >= 15 is 0 Å². The summed E-state index contributed by atoms with van der Waals surface area (Å²) in [7, 11) is 0. The molecule has 0 aliphatic carbocycles. The van der Waals surface area contributed by atoms with Crippen molar-refractivity contribution in [2.45, 2.75) is 19.8 Å². The number of anilines is 1. The van der Waals surface area contributed by atoms with Gasteiger partial charge in [0.05, 0.1) is 12.1 Å². The van der Waals surface area contributed by atoms with Crippen molar-refractivity contribution in [2.24, 2.45) is 0 Å². The van der Waals surface area contributed by atoms with Gasteiger partial charge in [0.15, 0.2) is 0 Å². The lowest BCUT2D eigenvalue weighted by Gasteiger charge is -2.23. The Morgan fingerprint density at radius 2 is 1.89 bits per heavy atom. The molecule has 2 heterocycles. The fourth-order valence-electron chi connectivity index (χ4n) is 3.68. The number of ether oxygens (including phenoxy) is 1. The van der Waals surface area contributed by atoms with E-state index in [1.54, 1.807) is 0 Å². The minimum Gasteiger partial charge on any atom is -0.462 e. The second-order valence-electron chi connectivity index (χ2n) is 6.63. The number of hydrogen-bond acceptors (Lipinski definition) is 4. The summed E-state index contributed by atoms with van der Waals surface area (Å²) in [6, 6.07) is 15.5. The molecule has 0 unspecified atom stereocenters. The molecule has 0 N–H and O–H groups in total. The van der Waals surface area contributed by atoms with Crippen LogP contribution in [0.1, 0.15) is 30.1 Å². The van der Waals surface area contributed by atoms with Crippen molar-refractivity contribution in [1.29, 1.82) is 0 Å². The van der Waals surface area contributed by atoms with E-state index in [1.165, 1.54) is 0 Å². The molecule has 5 heteroatoms. The molecule has 1 aliphatic heterocycles. The minimum atomic E-state index is -0.340. The van der Waals surface area contributed by atoms with E-state index in [9.17, 15) is 4.79 Å². The van der Waals surface area contributed by atoms with Gasteiger partial charge < -0.3 is 9.64 Å². The Morgan fingerprint density at radius 3 is 2.59 bits per heavy atom. The van der Waals surface area contributed by atoms with E-state index in [0.717, 1.165) is 48.0 Å². The number of fused-ring (bicyclic) bond motifs is 1. The summed E-state index contributed by atoms with van der Waals surface area (Å²) in [6.45, 7) is 3.93. The van der Waals surface area contributed by atoms with Gasteiger partial charge in [-0.05, 0) is 43.5 Å². The second kappa shape index (κ2) is 7.57. The van der Waals surface area contributed by atoms with E-state index in [4.69, 9.17) is 21.3 Å². The molecule has 0 bridgehead atoms. The number of benzene rings is 2. The molecule has 4 nitrogen and oxygen atoms in total. The Labute approximate surface area is 163 Å². The lowest BCUT2D eigenvalue weighted by Crippen LogP contribution is -2.23. The van der Waals surface area contributed by atoms with Crippen molar-refractivity contribution in [1.82, 2.24) is 4.98 Å². The molecule has 2 aromatic carbocycles. The van der Waals surface area contributed by atoms with Crippen LogP contribution in [0.3, 0.4) is 0 Å². The number of nitrogens with zero attached hydrogens (tertiary/aromatic N) is 2. The maximum Gasteiger partial charge on any atom is 0.342 e. The SMILES string of the molecule is CCOC(=O)c1c(N2CCCC2)nc2ccc(Cl)cc2c1-c1ccccc1. The van der Waals surface area contributed by atoms with Crippen molar-refractivity contribution < 1.29 is 9.53 Å². The van der Waals surface area contributed by atoms with Crippen molar-refractivity contribution in [2.75, 3.05) is 24.6 Å².